The minimum atomic E-state index is -1.05. The van der Waals surface area contributed by atoms with Crippen LogP contribution in [0.5, 0.6) is 0 Å². The lowest BCUT2D eigenvalue weighted by molar-refractivity contribution is -0.138. The first-order valence-electron chi connectivity index (χ1n) is 8.55. The molecule has 3 rings (SSSR count). The van der Waals surface area contributed by atoms with E-state index in [1.54, 1.807) is 24.4 Å². The summed E-state index contributed by atoms with van der Waals surface area (Å²) in [4.78, 5) is 28.2. The first kappa shape index (κ1) is 20.3. The van der Waals surface area contributed by atoms with Gasteiger partial charge in [-0.2, -0.15) is 0 Å². The summed E-state index contributed by atoms with van der Waals surface area (Å²) >= 11 is 6.01. The van der Waals surface area contributed by atoms with Gasteiger partial charge < -0.3 is 5.11 Å². The molecule has 0 amide bonds. The van der Waals surface area contributed by atoms with Crippen LogP contribution in [0.3, 0.4) is 0 Å². The van der Waals surface area contributed by atoms with Gasteiger partial charge in [0.1, 0.15) is 5.82 Å². The summed E-state index contributed by atoms with van der Waals surface area (Å²) in [6, 6.07) is 9.20. The summed E-state index contributed by atoms with van der Waals surface area (Å²) in [7, 11) is 0. The van der Waals surface area contributed by atoms with Gasteiger partial charge in [-0.1, -0.05) is 11.6 Å². The lowest BCUT2D eigenvalue weighted by atomic mass is 10.0. The molecule has 0 aliphatic heterocycles. The van der Waals surface area contributed by atoms with Crippen LogP contribution in [0, 0.1) is 11.7 Å². The lowest BCUT2D eigenvalue weighted by Gasteiger charge is -2.10. The van der Waals surface area contributed by atoms with Crippen LogP contribution in [-0.2, 0) is 4.79 Å². The van der Waals surface area contributed by atoms with Gasteiger partial charge in [0.25, 0.3) is 0 Å². The Kier molecular flexibility index (Phi) is 6.09. The number of aromatic nitrogens is 2. The Morgan fingerprint density at radius 3 is 2.86 bits per heavy atom. The van der Waals surface area contributed by atoms with Crippen molar-refractivity contribution in [2.45, 2.75) is 6.92 Å². The van der Waals surface area contributed by atoms with Crippen molar-refractivity contribution in [2.75, 3.05) is 0 Å². The van der Waals surface area contributed by atoms with E-state index in [1.807, 2.05) is 0 Å². The fourth-order valence-corrected chi connectivity index (χ4v) is 2.81. The van der Waals surface area contributed by atoms with Crippen LogP contribution in [0.25, 0.3) is 22.3 Å². The summed E-state index contributed by atoms with van der Waals surface area (Å²) in [6.07, 6.45) is 4.38. The van der Waals surface area contributed by atoms with Crippen molar-refractivity contribution in [2.24, 2.45) is 15.9 Å². The summed E-state index contributed by atoms with van der Waals surface area (Å²) < 4.78 is 14.4. The van der Waals surface area contributed by atoms with E-state index in [-0.39, 0.29) is 17.0 Å². The highest BCUT2D eigenvalue weighted by molar-refractivity contribution is 6.30. The molecule has 2 heterocycles. The van der Waals surface area contributed by atoms with E-state index in [2.05, 4.69) is 26.7 Å². The maximum Gasteiger partial charge on any atom is 0.312 e. The van der Waals surface area contributed by atoms with E-state index in [9.17, 15) is 14.3 Å². The van der Waals surface area contributed by atoms with Crippen molar-refractivity contribution >= 4 is 46.7 Å². The Morgan fingerprint density at radius 1 is 1.34 bits per heavy atom. The molecule has 0 saturated carbocycles. The molecule has 0 spiro atoms. The molecule has 1 atom stereocenters. The van der Waals surface area contributed by atoms with Gasteiger partial charge in [0.2, 0.25) is 0 Å². The van der Waals surface area contributed by atoms with E-state index < -0.39 is 17.7 Å². The average Bonchev–Trinajstić information content (AvgIpc) is 2.71. The number of carboxylic acids is 1. The second-order valence-electron chi connectivity index (χ2n) is 6.12. The quantitative estimate of drug-likeness (QED) is 0.573. The van der Waals surface area contributed by atoms with Gasteiger partial charge in [-0.05, 0) is 56.1 Å². The van der Waals surface area contributed by atoms with Gasteiger partial charge in [-0.25, -0.2) is 14.4 Å². The summed E-state index contributed by atoms with van der Waals surface area (Å²) in [5.74, 6) is -2.45. The van der Waals surface area contributed by atoms with Gasteiger partial charge in [0.15, 0.2) is 5.65 Å². The Bertz CT molecular complexity index is 1160. The number of benzene rings is 1. The molecule has 3 aromatic rings. The molecule has 0 aliphatic rings. The fraction of sp³-hybridized carbons (Fsp3) is 0.0952. The van der Waals surface area contributed by atoms with Gasteiger partial charge >= 0.3 is 5.97 Å². The van der Waals surface area contributed by atoms with Crippen LogP contribution >= 0.6 is 11.6 Å². The average molecular weight is 411 g/mol. The second kappa shape index (κ2) is 8.70. The third kappa shape index (κ3) is 4.52. The molecule has 146 valence electrons. The number of halogens is 2. The molecule has 0 aliphatic carbocycles. The number of hydrogen-bond donors (Lipinski definition) is 1. The van der Waals surface area contributed by atoms with Crippen molar-refractivity contribution in [1.82, 2.24) is 9.97 Å². The molecule has 1 aromatic carbocycles. The molecule has 0 bridgehead atoms. The number of pyridine rings is 2. The highest BCUT2D eigenvalue weighted by Crippen LogP contribution is 2.32. The third-order valence-electron chi connectivity index (χ3n) is 4.18. The largest absolute Gasteiger partial charge is 0.481 e. The van der Waals surface area contributed by atoms with Crippen molar-refractivity contribution < 1.29 is 14.3 Å². The predicted molar refractivity (Wildman–Crippen MR) is 113 cm³/mol. The number of rotatable bonds is 6. The lowest BCUT2D eigenvalue weighted by Crippen LogP contribution is -2.18. The first-order valence-corrected chi connectivity index (χ1v) is 8.93. The van der Waals surface area contributed by atoms with Gasteiger partial charge in [-0.3, -0.25) is 14.8 Å². The SMILES string of the molecule is C=N/C=C\C(=Nc1cc(-c2cc(Cl)ccc2F)nc2ncccc12)C(C)C(=O)O. The molecular weight excluding hydrogens is 395 g/mol. The van der Waals surface area contributed by atoms with Crippen LogP contribution in [-0.4, -0.2) is 33.5 Å². The highest BCUT2D eigenvalue weighted by Gasteiger charge is 2.18. The molecular formula is C21H16ClFN4O2. The van der Waals surface area contributed by atoms with Crippen molar-refractivity contribution in [1.29, 1.82) is 0 Å². The molecule has 1 N–H and O–H groups in total. The van der Waals surface area contributed by atoms with E-state index >= 15 is 0 Å². The number of aliphatic carboxylic acids is 1. The summed E-state index contributed by atoms with van der Waals surface area (Å²) in [6.45, 7) is 4.86. The Labute approximate surface area is 171 Å². The van der Waals surface area contributed by atoms with Crippen LogP contribution < -0.4 is 0 Å². The Hall–Kier alpha value is -3.45. The number of allylic oxidation sites excluding steroid dienone is 1. The first-order chi connectivity index (χ1) is 13.9. The van der Waals surface area contributed by atoms with Crippen molar-refractivity contribution in [3.63, 3.8) is 0 Å². The molecule has 2 aromatic heterocycles. The standard InChI is InChI=1S/C21H16ClFN4O2/c1-12(21(28)29)17(7-9-24-2)26-18-11-19(15-10-13(22)5-6-16(15)23)27-20-14(18)4-3-8-25-20/h3-12H,2H2,1H3,(H,28,29)/b9-7-,26-17?. The Balaban J connectivity index is 2.28. The molecule has 0 radical (unpaired) electrons. The van der Waals surface area contributed by atoms with Gasteiger partial charge in [0, 0.05) is 28.4 Å². The topological polar surface area (TPSA) is 87.8 Å². The molecule has 1 unspecified atom stereocenters. The number of carboxylic acid groups (broad SMARTS) is 1. The maximum atomic E-state index is 14.4. The Morgan fingerprint density at radius 2 is 2.14 bits per heavy atom. The number of aliphatic imine (C=N–C) groups is 2. The normalized spacial score (nSPS) is 13.0. The number of hydrogen-bond acceptors (Lipinski definition) is 5. The molecule has 29 heavy (non-hydrogen) atoms. The van der Waals surface area contributed by atoms with Crippen LogP contribution in [0.15, 0.2) is 64.9 Å². The van der Waals surface area contributed by atoms with Crippen LogP contribution in [0.4, 0.5) is 10.1 Å². The zero-order chi connectivity index (χ0) is 21.0. The maximum absolute atomic E-state index is 14.4. The minimum absolute atomic E-state index is 0.192. The van der Waals surface area contributed by atoms with Crippen molar-refractivity contribution in [3.8, 4) is 11.3 Å². The van der Waals surface area contributed by atoms with Crippen LogP contribution in [0.2, 0.25) is 5.02 Å². The van der Waals surface area contributed by atoms with E-state index in [0.29, 0.717) is 21.7 Å². The molecule has 6 nitrogen and oxygen atoms in total. The van der Waals surface area contributed by atoms with E-state index in [1.165, 1.54) is 37.4 Å². The monoisotopic (exact) mass is 410 g/mol. The smallest absolute Gasteiger partial charge is 0.312 e. The zero-order valence-electron chi connectivity index (χ0n) is 15.4. The second-order valence-corrected chi connectivity index (χ2v) is 6.56. The molecule has 8 heteroatoms. The minimum Gasteiger partial charge on any atom is -0.481 e. The molecule has 0 saturated heterocycles. The van der Waals surface area contributed by atoms with Gasteiger partial charge in [0.05, 0.1) is 23.0 Å². The summed E-state index contributed by atoms with van der Waals surface area (Å²) in [5.41, 5.74) is 1.46. The number of carbonyl (C=O) groups is 1. The number of nitrogens with zero attached hydrogens (tertiary/aromatic N) is 4. The molecule has 0 fully saturated rings. The summed E-state index contributed by atoms with van der Waals surface area (Å²) in [5, 5.41) is 10.3. The third-order valence-corrected chi connectivity index (χ3v) is 4.42. The predicted octanol–water partition coefficient (Wildman–Crippen LogP) is 5.10. The van der Waals surface area contributed by atoms with E-state index in [0.717, 1.165) is 0 Å². The number of fused-ring (bicyclic) bond motifs is 1. The van der Waals surface area contributed by atoms with Crippen molar-refractivity contribution in [3.05, 3.63) is 65.7 Å². The van der Waals surface area contributed by atoms with E-state index in [4.69, 9.17) is 11.6 Å². The van der Waals surface area contributed by atoms with Gasteiger partial charge in [-0.15, -0.1) is 0 Å². The van der Waals surface area contributed by atoms with Crippen LogP contribution in [0.1, 0.15) is 6.92 Å². The fourth-order valence-electron chi connectivity index (χ4n) is 2.64. The highest BCUT2D eigenvalue weighted by atomic mass is 35.5. The zero-order valence-corrected chi connectivity index (χ0v) is 16.1.